The van der Waals surface area contributed by atoms with Crippen molar-refractivity contribution < 1.29 is 20.1 Å². The molecule has 1 aromatic heterocycles. The van der Waals surface area contributed by atoms with Crippen molar-refractivity contribution in [1.29, 1.82) is 0 Å². The van der Waals surface area contributed by atoms with E-state index in [9.17, 15) is 15.3 Å². The first kappa shape index (κ1) is 21.7. The molecule has 5 atom stereocenters. The smallest absolute Gasteiger partial charge is 0.138 e. The molecule has 0 aliphatic heterocycles. The van der Waals surface area contributed by atoms with Crippen LogP contribution in [0.2, 0.25) is 0 Å². The molecule has 1 heterocycles. The van der Waals surface area contributed by atoms with E-state index in [4.69, 9.17) is 4.74 Å². The van der Waals surface area contributed by atoms with Crippen LogP contribution in [-0.2, 0) is 0 Å². The first-order valence-electron chi connectivity index (χ1n) is 11.4. The molecule has 3 N–H and O–H groups in total. The number of aliphatic hydroxyl groups excluding tert-OH is 2. The Labute approximate surface area is 193 Å². The predicted octanol–water partition coefficient (Wildman–Crippen LogP) is 3.34. The summed E-state index contributed by atoms with van der Waals surface area (Å²) in [5.74, 6) is 8.45. The highest BCUT2D eigenvalue weighted by Gasteiger charge is 2.66. The standard InChI is InChI=1S/C27H28N2O4/c1-18(31)26-28-12-13-29(26)23(16-30)9-4-19-2-5-20(6-3-19)21-7-10-24(11-8-21)33-17-22-14-27(32)15-25(22)27/h2-3,5-8,10-13,18,22-23,25,30-32H,14-17H2,1H3/t18-,22-,23-,25?,27-/m0/s1. The van der Waals surface area contributed by atoms with Crippen LogP contribution < -0.4 is 4.74 Å². The number of aliphatic hydroxyl groups is 3. The quantitative estimate of drug-likeness (QED) is 0.487. The van der Waals surface area contributed by atoms with E-state index in [1.165, 1.54) is 0 Å². The highest BCUT2D eigenvalue weighted by Crippen LogP contribution is 2.63. The van der Waals surface area contributed by atoms with Crippen molar-refractivity contribution >= 4 is 0 Å². The third-order valence-electron chi connectivity index (χ3n) is 6.79. The molecule has 1 unspecified atom stereocenters. The van der Waals surface area contributed by atoms with Crippen LogP contribution in [0.15, 0.2) is 60.9 Å². The van der Waals surface area contributed by atoms with Gasteiger partial charge in [0.15, 0.2) is 0 Å². The van der Waals surface area contributed by atoms with E-state index >= 15 is 0 Å². The van der Waals surface area contributed by atoms with Crippen LogP contribution in [0, 0.1) is 23.7 Å². The maximum absolute atomic E-state index is 9.90. The fraction of sp³-hybridized carbons (Fsp3) is 0.370. The molecule has 0 saturated heterocycles. The van der Waals surface area contributed by atoms with E-state index < -0.39 is 12.1 Å². The van der Waals surface area contributed by atoms with Gasteiger partial charge in [-0.2, -0.15) is 0 Å². The summed E-state index contributed by atoms with van der Waals surface area (Å²) in [7, 11) is 0. The summed E-state index contributed by atoms with van der Waals surface area (Å²) in [6.45, 7) is 2.14. The molecule has 0 radical (unpaired) electrons. The average Bonchev–Trinajstić information content (AvgIpc) is 3.16. The van der Waals surface area contributed by atoms with Gasteiger partial charge < -0.3 is 24.6 Å². The topological polar surface area (TPSA) is 87.7 Å². The van der Waals surface area contributed by atoms with Gasteiger partial charge in [0.05, 0.1) is 18.8 Å². The van der Waals surface area contributed by atoms with Crippen LogP contribution in [0.25, 0.3) is 11.1 Å². The number of benzene rings is 2. The number of ether oxygens (including phenoxy) is 1. The molecule has 0 spiro atoms. The van der Waals surface area contributed by atoms with E-state index in [1.807, 2.05) is 48.5 Å². The molecule has 170 valence electrons. The predicted molar refractivity (Wildman–Crippen MR) is 124 cm³/mol. The lowest BCUT2D eigenvalue weighted by Crippen LogP contribution is -2.35. The molecular formula is C27H28N2O4. The fourth-order valence-corrected chi connectivity index (χ4v) is 4.75. The SMILES string of the molecule is C[C@H](O)c1nccn1[C@@H](C#Cc1ccc(-c2ccc(OC[C@@H]3C[C@]4(O)CC34)cc2)cc1)CO. The van der Waals surface area contributed by atoms with E-state index in [1.54, 1.807) is 23.9 Å². The Balaban J connectivity index is 1.21. The molecule has 2 aliphatic carbocycles. The van der Waals surface area contributed by atoms with Crippen LogP contribution >= 0.6 is 0 Å². The van der Waals surface area contributed by atoms with Gasteiger partial charge in [-0.15, -0.1) is 0 Å². The van der Waals surface area contributed by atoms with E-state index in [-0.39, 0.29) is 12.2 Å². The number of aromatic nitrogens is 2. The Bertz CT molecular complexity index is 1170. The molecular weight excluding hydrogens is 416 g/mol. The Hall–Kier alpha value is -3.11. The molecule has 5 rings (SSSR count). The number of fused-ring (bicyclic) bond motifs is 1. The number of imidazole rings is 1. The Morgan fingerprint density at radius 2 is 1.82 bits per heavy atom. The fourth-order valence-electron chi connectivity index (χ4n) is 4.75. The third-order valence-corrected chi connectivity index (χ3v) is 6.79. The number of nitrogens with zero attached hydrogens (tertiary/aromatic N) is 2. The average molecular weight is 445 g/mol. The molecule has 2 fully saturated rings. The Kier molecular flexibility index (Phi) is 5.71. The van der Waals surface area contributed by atoms with Gasteiger partial charge >= 0.3 is 0 Å². The number of hydrogen-bond donors (Lipinski definition) is 3. The maximum atomic E-state index is 9.90. The zero-order valence-corrected chi connectivity index (χ0v) is 18.6. The summed E-state index contributed by atoms with van der Waals surface area (Å²) >= 11 is 0. The summed E-state index contributed by atoms with van der Waals surface area (Å²) in [4.78, 5) is 4.14. The summed E-state index contributed by atoms with van der Waals surface area (Å²) in [5, 5.41) is 29.5. The van der Waals surface area contributed by atoms with Gasteiger partial charge in [0.25, 0.3) is 0 Å². The molecule has 2 aliphatic rings. The lowest BCUT2D eigenvalue weighted by atomic mass is 9.83. The lowest BCUT2D eigenvalue weighted by Gasteiger charge is -2.30. The molecule has 0 amide bonds. The second kappa shape index (κ2) is 8.68. The van der Waals surface area contributed by atoms with Gasteiger partial charge in [0.2, 0.25) is 0 Å². The molecule has 33 heavy (non-hydrogen) atoms. The monoisotopic (exact) mass is 444 g/mol. The van der Waals surface area contributed by atoms with Crippen LogP contribution in [0.1, 0.15) is 43.3 Å². The highest BCUT2D eigenvalue weighted by molar-refractivity contribution is 5.65. The zero-order valence-electron chi connectivity index (χ0n) is 18.6. The molecule has 6 nitrogen and oxygen atoms in total. The minimum absolute atomic E-state index is 0.169. The molecule has 6 heteroatoms. The summed E-state index contributed by atoms with van der Waals surface area (Å²) in [6.07, 6.45) is 4.38. The maximum Gasteiger partial charge on any atom is 0.138 e. The molecule has 2 saturated carbocycles. The van der Waals surface area contributed by atoms with E-state index in [0.717, 1.165) is 35.3 Å². The summed E-state index contributed by atoms with van der Waals surface area (Å²) < 4.78 is 7.61. The van der Waals surface area contributed by atoms with Gasteiger partial charge in [-0.05, 0) is 61.1 Å². The van der Waals surface area contributed by atoms with Gasteiger partial charge in [0.1, 0.15) is 23.7 Å². The van der Waals surface area contributed by atoms with Crippen molar-refractivity contribution in [2.75, 3.05) is 13.2 Å². The lowest BCUT2D eigenvalue weighted by molar-refractivity contribution is 0.00569. The normalized spacial score (nSPS) is 24.6. The number of hydrogen-bond acceptors (Lipinski definition) is 5. The Morgan fingerprint density at radius 3 is 2.39 bits per heavy atom. The number of rotatable bonds is 7. The van der Waals surface area contributed by atoms with E-state index in [0.29, 0.717) is 24.3 Å². The van der Waals surface area contributed by atoms with Crippen LogP contribution in [0.4, 0.5) is 0 Å². The van der Waals surface area contributed by atoms with Gasteiger partial charge in [-0.1, -0.05) is 36.1 Å². The van der Waals surface area contributed by atoms with Crippen LogP contribution in [0.5, 0.6) is 5.75 Å². The minimum Gasteiger partial charge on any atom is -0.493 e. The molecule has 0 bridgehead atoms. The van der Waals surface area contributed by atoms with Crippen molar-refractivity contribution in [3.05, 3.63) is 72.3 Å². The van der Waals surface area contributed by atoms with Crippen molar-refractivity contribution in [2.24, 2.45) is 11.8 Å². The Morgan fingerprint density at radius 1 is 1.12 bits per heavy atom. The minimum atomic E-state index is -0.733. The zero-order chi connectivity index (χ0) is 23.0. The first-order chi connectivity index (χ1) is 16.0. The van der Waals surface area contributed by atoms with Crippen molar-refractivity contribution in [3.8, 4) is 28.7 Å². The summed E-state index contributed by atoms with van der Waals surface area (Å²) in [5.41, 5.74) is 2.67. The van der Waals surface area contributed by atoms with Gasteiger partial charge in [-0.25, -0.2) is 4.98 Å². The van der Waals surface area contributed by atoms with Crippen LogP contribution in [0.3, 0.4) is 0 Å². The van der Waals surface area contributed by atoms with Gasteiger partial charge in [0, 0.05) is 23.9 Å². The van der Waals surface area contributed by atoms with Crippen molar-refractivity contribution in [1.82, 2.24) is 9.55 Å². The van der Waals surface area contributed by atoms with Crippen molar-refractivity contribution in [2.45, 2.75) is 37.5 Å². The largest absolute Gasteiger partial charge is 0.493 e. The second-order valence-electron chi connectivity index (χ2n) is 9.13. The molecule has 2 aromatic carbocycles. The second-order valence-corrected chi connectivity index (χ2v) is 9.13. The first-order valence-corrected chi connectivity index (χ1v) is 11.4. The highest BCUT2D eigenvalue weighted by atomic mass is 16.5. The molecule has 3 aromatic rings. The van der Waals surface area contributed by atoms with Crippen LogP contribution in [-0.4, -0.2) is 43.7 Å². The van der Waals surface area contributed by atoms with Crippen molar-refractivity contribution in [3.63, 3.8) is 0 Å². The van der Waals surface area contributed by atoms with Gasteiger partial charge in [-0.3, -0.25) is 0 Å². The third kappa shape index (κ3) is 4.40. The van der Waals surface area contributed by atoms with E-state index in [2.05, 4.69) is 16.8 Å². The summed E-state index contributed by atoms with van der Waals surface area (Å²) in [6, 6.07) is 15.5.